The van der Waals surface area contributed by atoms with Gasteiger partial charge in [-0.15, -0.1) is 0 Å². The Morgan fingerprint density at radius 2 is 2.29 bits per heavy atom. The van der Waals surface area contributed by atoms with Crippen molar-refractivity contribution in [1.29, 1.82) is 0 Å². The summed E-state index contributed by atoms with van der Waals surface area (Å²) in [5, 5.41) is 0.177. The molecule has 2 atom stereocenters. The summed E-state index contributed by atoms with van der Waals surface area (Å²) in [6, 6.07) is 5.18. The van der Waals surface area contributed by atoms with Crippen LogP contribution < -0.4 is 5.73 Å². The van der Waals surface area contributed by atoms with Crippen LogP contribution in [-0.2, 0) is 0 Å². The van der Waals surface area contributed by atoms with E-state index in [1.165, 1.54) is 6.07 Å². The molecular weight excluding hydrogens is 239 g/mol. The summed E-state index contributed by atoms with van der Waals surface area (Å²) in [7, 11) is 0. The summed E-state index contributed by atoms with van der Waals surface area (Å²) in [6.07, 6.45) is 2.14. The van der Waals surface area contributed by atoms with Gasteiger partial charge in [0.05, 0.1) is 5.02 Å². The van der Waals surface area contributed by atoms with Crippen molar-refractivity contribution in [1.82, 2.24) is 4.90 Å². The van der Waals surface area contributed by atoms with Gasteiger partial charge in [0.15, 0.2) is 0 Å². The molecule has 0 amide bonds. The van der Waals surface area contributed by atoms with Gasteiger partial charge in [0.25, 0.3) is 0 Å². The maximum atomic E-state index is 13.2. The molecule has 94 valence electrons. The maximum Gasteiger partial charge on any atom is 0.141 e. The van der Waals surface area contributed by atoms with Gasteiger partial charge in [-0.2, -0.15) is 0 Å². The number of likely N-dealkylation sites (N-methyl/N-ethyl adjacent to an activating group) is 1. The Morgan fingerprint density at radius 3 is 2.94 bits per heavy atom. The first-order valence-corrected chi connectivity index (χ1v) is 6.46. The molecule has 0 saturated carbocycles. The molecular formula is C13H18ClFN2. The zero-order valence-corrected chi connectivity index (χ0v) is 10.8. The highest BCUT2D eigenvalue weighted by atomic mass is 35.5. The number of hydrogen-bond donors (Lipinski definition) is 1. The third kappa shape index (κ3) is 2.62. The summed E-state index contributed by atoms with van der Waals surface area (Å²) in [4.78, 5) is 2.33. The van der Waals surface area contributed by atoms with Crippen molar-refractivity contribution < 1.29 is 4.39 Å². The minimum atomic E-state index is -0.372. The standard InChI is InChI=1S/C13H18ClFN2/c1-2-17-7-3-4-12(16)13(17)9-5-6-11(15)10(14)8-9/h5-6,8,12-13H,2-4,7,16H2,1H3. The van der Waals surface area contributed by atoms with E-state index in [2.05, 4.69) is 11.8 Å². The van der Waals surface area contributed by atoms with E-state index in [1.807, 2.05) is 0 Å². The molecule has 1 aromatic carbocycles. The molecule has 2 N–H and O–H groups in total. The van der Waals surface area contributed by atoms with Gasteiger partial charge in [-0.3, -0.25) is 4.90 Å². The average molecular weight is 257 g/mol. The lowest BCUT2D eigenvalue weighted by Crippen LogP contribution is -2.45. The lowest BCUT2D eigenvalue weighted by atomic mass is 9.91. The van der Waals surface area contributed by atoms with E-state index in [0.717, 1.165) is 31.5 Å². The Bertz CT molecular complexity index is 397. The molecule has 1 aromatic rings. The minimum absolute atomic E-state index is 0.102. The summed E-state index contributed by atoms with van der Waals surface area (Å²) in [6.45, 7) is 4.12. The van der Waals surface area contributed by atoms with E-state index in [9.17, 15) is 4.39 Å². The molecule has 1 saturated heterocycles. The monoisotopic (exact) mass is 256 g/mol. The number of nitrogens with two attached hydrogens (primary N) is 1. The van der Waals surface area contributed by atoms with Crippen molar-refractivity contribution >= 4 is 11.6 Å². The Labute approximate surface area is 107 Å². The second kappa shape index (κ2) is 5.34. The molecule has 0 bridgehead atoms. The van der Waals surface area contributed by atoms with Crippen molar-refractivity contribution in [3.05, 3.63) is 34.6 Å². The van der Waals surface area contributed by atoms with Gasteiger partial charge >= 0.3 is 0 Å². The minimum Gasteiger partial charge on any atom is -0.326 e. The third-order valence-corrected chi connectivity index (χ3v) is 3.76. The number of nitrogens with zero attached hydrogens (tertiary/aromatic N) is 1. The highest BCUT2D eigenvalue weighted by Gasteiger charge is 2.29. The van der Waals surface area contributed by atoms with Crippen LogP contribution in [0.3, 0.4) is 0 Å². The van der Waals surface area contributed by atoms with E-state index in [0.29, 0.717) is 0 Å². The average Bonchev–Trinajstić information content (AvgIpc) is 2.32. The van der Waals surface area contributed by atoms with E-state index >= 15 is 0 Å². The van der Waals surface area contributed by atoms with Gasteiger partial charge in [-0.25, -0.2) is 4.39 Å². The SMILES string of the molecule is CCN1CCCC(N)C1c1ccc(F)c(Cl)c1. The first-order chi connectivity index (χ1) is 8.13. The number of likely N-dealkylation sites (tertiary alicyclic amines) is 1. The summed E-state index contributed by atoms with van der Waals surface area (Å²) >= 11 is 5.84. The van der Waals surface area contributed by atoms with Gasteiger partial charge < -0.3 is 5.73 Å². The predicted octanol–water partition coefficient (Wildman–Crippen LogP) is 2.96. The molecule has 17 heavy (non-hydrogen) atoms. The van der Waals surface area contributed by atoms with E-state index in [-0.39, 0.29) is 22.9 Å². The lowest BCUT2D eigenvalue weighted by Gasteiger charge is -2.39. The molecule has 1 aliphatic heterocycles. The number of hydrogen-bond acceptors (Lipinski definition) is 2. The highest BCUT2D eigenvalue weighted by Crippen LogP contribution is 2.31. The maximum absolute atomic E-state index is 13.2. The summed E-state index contributed by atoms with van der Waals surface area (Å²) < 4.78 is 13.2. The first-order valence-electron chi connectivity index (χ1n) is 6.08. The molecule has 2 unspecified atom stereocenters. The Hall–Kier alpha value is -0.640. The van der Waals surface area contributed by atoms with Gasteiger partial charge in [0, 0.05) is 12.1 Å². The molecule has 1 heterocycles. The van der Waals surface area contributed by atoms with Gasteiger partial charge in [0.2, 0.25) is 0 Å². The number of rotatable bonds is 2. The van der Waals surface area contributed by atoms with Crippen LogP contribution in [0, 0.1) is 5.82 Å². The zero-order valence-electron chi connectivity index (χ0n) is 10.00. The van der Waals surface area contributed by atoms with Crippen LogP contribution in [0.2, 0.25) is 5.02 Å². The topological polar surface area (TPSA) is 29.3 Å². The fourth-order valence-electron chi connectivity index (χ4n) is 2.61. The smallest absolute Gasteiger partial charge is 0.141 e. The molecule has 0 aliphatic carbocycles. The molecule has 2 rings (SSSR count). The quantitative estimate of drug-likeness (QED) is 0.882. The van der Waals surface area contributed by atoms with E-state index < -0.39 is 0 Å². The molecule has 2 nitrogen and oxygen atoms in total. The molecule has 1 fully saturated rings. The Balaban J connectivity index is 2.31. The highest BCUT2D eigenvalue weighted by molar-refractivity contribution is 6.30. The van der Waals surface area contributed by atoms with Crippen molar-refractivity contribution in [3.8, 4) is 0 Å². The second-order valence-electron chi connectivity index (χ2n) is 4.55. The normalized spacial score (nSPS) is 26.1. The predicted molar refractivity (Wildman–Crippen MR) is 68.6 cm³/mol. The van der Waals surface area contributed by atoms with Gasteiger partial charge in [-0.05, 0) is 43.6 Å². The Morgan fingerprint density at radius 1 is 1.53 bits per heavy atom. The van der Waals surface area contributed by atoms with Crippen LogP contribution >= 0.6 is 11.6 Å². The van der Waals surface area contributed by atoms with Gasteiger partial charge in [-0.1, -0.05) is 24.6 Å². The van der Waals surface area contributed by atoms with Gasteiger partial charge in [0.1, 0.15) is 5.82 Å². The van der Waals surface area contributed by atoms with Crippen LogP contribution in [-0.4, -0.2) is 24.0 Å². The molecule has 1 aliphatic rings. The van der Waals surface area contributed by atoms with Crippen LogP contribution in [0.4, 0.5) is 4.39 Å². The van der Waals surface area contributed by atoms with E-state index in [1.54, 1.807) is 12.1 Å². The van der Waals surface area contributed by atoms with Crippen LogP contribution in [0.25, 0.3) is 0 Å². The summed E-state index contributed by atoms with van der Waals surface area (Å²) in [5.74, 6) is -0.372. The Kier molecular flexibility index (Phi) is 4.02. The second-order valence-corrected chi connectivity index (χ2v) is 4.96. The number of halogens is 2. The molecule has 4 heteroatoms. The van der Waals surface area contributed by atoms with Crippen LogP contribution in [0.1, 0.15) is 31.4 Å². The fourth-order valence-corrected chi connectivity index (χ4v) is 2.80. The van der Waals surface area contributed by atoms with Crippen molar-refractivity contribution in [2.45, 2.75) is 31.8 Å². The largest absolute Gasteiger partial charge is 0.326 e. The molecule has 0 radical (unpaired) electrons. The van der Waals surface area contributed by atoms with E-state index in [4.69, 9.17) is 17.3 Å². The van der Waals surface area contributed by atoms with Crippen molar-refractivity contribution in [3.63, 3.8) is 0 Å². The molecule has 0 aromatic heterocycles. The van der Waals surface area contributed by atoms with Crippen LogP contribution in [0.5, 0.6) is 0 Å². The third-order valence-electron chi connectivity index (χ3n) is 3.47. The number of benzene rings is 1. The fraction of sp³-hybridized carbons (Fsp3) is 0.538. The zero-order chi connectivity index (χ0) is 12.4. The number of piperidine rings is 1. The summed E-state index contributed by atoms with van der Waals surface area (Å²) in [5.41, 5.74) is 7.21. The van der Waals surface area contributed by atoms with Crippen molar-refractivity contribution in [2.24, 2.45) is 5.73 Å². The molecule has 0 spiro atoms. The van der Waals surface area contributed by atoms with Crippen LogP contribution in [0.15, 0.2) is 18.2 Å². The van der Waals surface area contributed by atoms with Crippen molar-refractivity contribution in [2.75, 3.05) is 13.1 Å². The first kappa shape index (κ1) is 12.8. The lowest BCUT2D eigenvalue weighted by molar-refractivity contribution is 0.136.